The molecule has 0 aliphatic heterocycles. The molecule has 1 aromatic rings. The van der Waals surface area contributed by atoms with Gasteiger partial charge in [0.1, 0.15) is 5.75 Å². The van der Waals surface area contributed by atoms with E-state index in [4.69, 9.17) is 4.74 Å². The van der Waals surface area contributed by atoms with Crippen LogP contribution in [0, 0.1) is 106 Å². The molecule has 0 amide bonds. The third kappa shape index (κ3) is 0.895. The highest BCUT2D eigenvalue weighted by molar-refractivity contribution is 5.42. The van der Waals surface area contributed by atoms with Crippen LogP contribution in [0.25, 0.3) is 0 Å². The molecule has 18 atom stereocenters. The predicted octanol–water partition coefficient (Wildman–Crippen LogP) is 4.44. The van der Waals surface area contributed by atoms with Gasteiger partial charge >= 0.3 is 0 Å². The van der Waals surface area contributed by atoms with Gasteiger partial charge in [0.2, 0.25) is 0 Å². The van der Waals surface area contributed by atoms with Crippen molar-refractivity contribution in [3.63, 3.8) is 0 Å². The number of fused-ring (bicyclic) bond motifs is 4. The number of para-hydroxylation sites is 1. The van der Waals surface area contributed by atoms with Gasteiger partial charge in [0, 0.05) is 5.41 Å². The SMILES string of the molecule is c1ccc(OCC23C4[C@@H]5C[C@@H]6C7C8[C@@H]9[C@@H]6[C@@H]5[C@@H]2[C@@H]9[C@@H]2[C@@H]8[C@H]5[C@H]([C@H]23)[C@H]4C[C@@H]75)cc1. The van der Waals surface area contributed by atoms with Gasteiger partial charge in [-0.3, -0.25) is 0 Å². The summed E-state index contributed by atoms with van der Waals surface area (Å²) in [6.07, 6.45) is 3.34. The normalized spacial score (nSPS) is 76.9. The van der Waals surface area contributed by atoms with Crippen molar-refractivity contribution >= 4 is 0 Å². The minimum Gasteiger partial charge on any atom is -0.493 e. The molecule has 11 rings (SSSR count). The van der Waals surface area contributed by atoms with E-state index < -0.39 is 0 Å². The Bertz CT molecular complexity index is 926. The zero-order chi connectivity index (χ0) is 17.3. The van der Waals surface area contributed by atoms with E-state index in [-0.39, 0.29) is 0 Å². The van der Waals surface area contributed by atoms with Crippen LogP contribution < -0.4 is 4.74 Å². The van der Waals surface area contributed by atoms with Crippen molar-refractivity contribution in [2.75, 3.05) is 6.61 Å². The molecule has 10 fully saturated rings. The lowest BCUT2D eigenvalue weighted by atomic mass is 9.63. The lowest BCUT2D eigenvalue weighted by Crippen LogP contribution is -2.42. The topological polar surface area (TPSA) is 9.23 Å². The van der Waals surface area contributed by atoms with Crippen molar-refractivity contribution in [2.45, 2.75) is 12.8 Å². The molecule has 10 aliphatic carbocycles. The monoisotopic (exact) mass is 368 g/mol. The van der Waals surface area contributed by atoms with Gasteiger partial charge in [-0.2, -0.15) is 0 Å². The second-order valence-electron chi connectivity index (χ2n) is 13.2. The van der Waals surface area contributed by atoms with Crippen LogP contribution in [0.2, 0.25) is 0 Å². The molecule has 1 aromatic carbocycles. The molecular formula is C27H28O. The Morgan fingerprint density at radius 1 is 0.607 bits per heavy atom. The summed E-state index contributed by atoms with van der Waals surface area (Å²) in [6, 6.07) is 10.9. The van der Waals surface area contributed by atoms with E-state index >= 15 is 0 Å². The first-order valence-electron chi connectivity index (χ1n) is 12.6. The summed E-state index contributed by atoms with van der Waals surface area (Å²) >= 11 is 0. The van der Waals surface area contributed by atoms with Gasteiger partial charge in [0.15, 0.2) is 0 Å². The largest absolute Gasteiger partial charge is 0.493 e. The Kier molecular flexibility index (Phi) is 1.68. The van der Waals surface area contributed by atoms with Gasteiger partial charge in [0.25, 0.3) is 0 Å². The van der Waals surface area contributed by atoms with Crippen LogP contribution in [0.5, 0.6) is 5.75 Å². The van der Waals surface area contributed by atoms with E-state index in [1.165, 1.54) is 59.2 Å². The molecule has 0 radical (unpaired) electrons. The smallest absolute Gasteiger partial charge is 0.119 e. The van der Waals surface area contributed by atoms with Gasteiger partial charge in [-0.1, -0.05) is 18.2 Å². The number of hydrogen-bond donors (Lipinski definition) is 0. The molecule has 0 heterocycles. The number of rotatable bonds is 3. The zero-order valence-electron chi connectivity index (χ0n) is 16.2. The first-order valence-corrected chi connectivity index (χ1v) is 12.6. The van der Waals surface area contributed by atoms with Crippen molar-refractivity contribution < 1.29 is 4.74 Å². The van der Waals surface area contributed by atoms with Crippen LogP contribution in [0.15, 0.2) is 30.3 Å². The fourth-order valence-electron chi connectivity index (χ4n) is 15.5. The Hall–Kier alpha value is -0.980. The molecule has 1 heteroatoms. The van der Waals surface area contributed by atoms with Gasteiger partial charge < -0.3 is 4.74 Å². The maximum absolute atomic E-state index is 6.73. The van der Waals surface area contributed by atoms with E-state index in [1.807, 2.05) is 0 Å². The molecule has 1 nitrogen and oxygen atoms in total. The summed E-state index contributed by atoms with van der Waals surface area (Å²) in [5, 5.41) is 0. The van der Waals surface area contributed by atoms with Crippen LogP contribution in [-0.2, 0) is 0 Å². The summed E-state index contributed by atoms with van der Waals surface area (Å²) < 4.78 is 6.73. The highest BCUT2D eigenvalue weighted by atomic mass is 16.5. The Balaban J connectivity index is 1.18. The standard InChI is InChI=1S/C27H28O/c1-2-4-9(5-3-1)28-8-27-24-12-6-10-14-11-7-13(24)18-16(11)21-19(14)20-15(10)17(12)25(27)22(20)23(21)26(18)27/h1-5,10-26H,6-8H2/t10-,11+,12-,13-,14?,15+,16-,17-,18-,19?,20+,21-,22+,23+,24?,25-,26-,27?/m1/s1. The second-order valence-corrected chi connectivity index (χ2v) is 13.2. The summed E-state index contributed by atoms with van der Waals surface area (Å²) in [5.41, 5.74) is 0.612. The molecule has 0 aromatic heterocycles. The van der Waals surface area contributed by atoms with E-state index in [1.54, 1.807) is 12.8 Å². The van der Waals surface area contributed by atoms with Crippen LogP contribution in [-0.4, -0.2) is 6.61 Å². The fraction of sp³-hybridized carbons (Fsp3) is 0.778. The van der Waals surface area contributed by atoms with E-state index in [9.17, 15) is 0 Å². The molecule has 142 valence electrons. The number of hydrogen-bond acceptors (Lipinski definition) is 1. The van der Waals surface area contributed by atoms with Crippen LogP contribution in [0.3, 0.4) is 0 Å². The van der Waals surface area contributed by atoms with E-state index in [0.717, 1.165) is 53.8 Å². The fourth-order valence-corrected chi connectivity index (χ4v) is 15.5. The minimum absolute atomic E-state index is 0.612. The first kappa shape index (κ1) is 13.3. The predicted molar refractivity (Wildman–Crippen MR) is 103 cm³/mol. The van der Waals surface area contributed by atoms with Gasteiger partial charge in [-0.15, -0.1) is 0 Å². The maximum Gasteiger partial charge on any atom is 0.119 e. The Morgan fingerprint density at radius 2 is 1.21 bits per heavy atom. The van der Waals surface area contributed by atoms with Crippen LogP contribution in [0.4, 0.5) is 0 Å². The molecule has 10 saturated carbocycles. The van der Waals surface area contributed by atoms with Crippen molar-refractivity contribution in [3.8, 4) is 5.75 Å². The van der Waals surface area contributed by atoms with Crippen LogP contribution >= 0.6 is 0 Å². The summed E-state index contributed by atoms with van der Waals surface area (Å²) in [7, 11) is 0. The molecule has 0 N–H and O–H groups in total. The molecule has 0 saturated heterocycles. The van der Waals surface area contributed by atoms with Gasteiger partial charge in [-0.25, -0.2) is 0 Å². The van der Waals surface area contributed by atoms with Crippen molar-refractivity contribution in [3.05, 3.63) is 30.3 Å². The van der Waals surface area contributed by atoms with Crippen LogP contribution in [0.1, 0.15) is 12.8 Å². The van der Waals surface area contributed by atoms with E-state index in [2.05, 4.69) is 30.3 Å². The lowest BCUT2D eigenvalue weighted by molar-refractivity contribution is 0.0116. The number of benzene rings is 1. The van der Waals surface area contributed by atoms with Crippen molar-refractivity contribution in [1.29, 1.82) is 0 Å². The molecule has 4 unspecified atom stereocenters. The summed E-state index contributed by atoms with van der Waals surface area (Å²) in [6.45, 7) is 1.09. The van der Waals surface area contributed by atoms with Gasteiger partial charge in [-0.05, 0) is 126 Å². The molecule has 0 spiro atoms. The third-order valence-corrected chi connectivity index (χ3v) is 14.2. The molecule has 28 heavy (non-hydrogen) atoms. The van der Waals surface area contributed by atoms with Crippen molar-refractivity contribution in [2.24, 2.45) is 106 Å². The molecule has 10 aliphatic rings. The Labute approximate surface area is 166 Å². The first-order chi connectivity index (χ1) is 13.9. The Morgan fingerprint density at radius 3 is 1.86 bits per heavy atom. The zero-order valence-corrected chi connectivity index (χ0v) is 16.2. The highest BCUT2D eigenvalue weighted by Crippen LogP contribution is 2.99. The second kappa shape index (κ2) is 3.52. The third-order valence-electron chi connectivity index (χ3n) is 14.2. The maximum atomic E-state index is 6.73. The van der Waals surface area contributed by atoms with Crippen molar-refractivity contribution in [1.82, 2.24) is 0 Å². The molecular weight excluding hydrogens is 340 g/mol. The minimum atomic E-state index is 0.612. The lowest BCUT2D eigenvalue weighted by Gasteiger charge is -2.42. The average Bonchev–Trinajstić information content (AvgIpc) is 3.45. The summed E-state index contributed by atoms with van der Waals surface area (Å²) in [4.78, 5) is 0. The van der Waals surface area contributed by atoms with Gasteiger partial charge in [0.05, 0.1) is 6.61 Å². The molecule has 0 bridgehead atoms. The average molecular weight is 369 g/mol. The quantitative estimate of drug-likeness (QED) is 0.766. The highest BCUT2D eigenvalue weighted by Gasteiger charge is 2.96. The van der Waals surface area contributed by atoms with E-state index in [0.29, 0.717) is 5.41 Å². The number of ether oxygens (including phenoxy) is 1. The summed E-state index contributed by atoms with van der Waals surface area (Å²) in [5.74, 6) is 21.0.